The molecule has 24 aromatic rings. The summed E-state index contributed by atoms with van der Waals surface area (Å²) < 4.78 is 0. The van der Waals surface area contributed by atoms with Crippen LogP contribution in [0.25, 0.3) is 229 Å². The summed E-state index contributed by atoms with van der Waals surface area (Å²) in [5.41, 5.74) is 22.7. The van der Waals surface area contributed by atoms with Crippen LogP contribution in [-0.4, -0.2) is 0 Å². The standard InChI is InChI=1S/3C40H26/c1-3-12-29-24-32(22-20-27(29)10-1)31-14-9-15-33(26-31)39-35-16-5-7-18-37(35)40(38-19-8-6-17-36(38)39)34-23-21-28-11-2-4-13-30(28)25-34;1-2-13-29-25-31(24-23-27(29)11-1)30-15-9-16-32(26-30)39-35-18-5-7-20-37(35)40(38-21-8-6-19-36(38)39)34-22-10-14-28-12-3-4-17-33(28)34;1-2-13-29-25-32(24-23-27(29)11-1)40-37-20-7-5-18-35(37)39(36-19-6-8-21-38(36)40)31-16-9-15-30(26-31)34-22-10-14-28-12-3-4-17-33(28)34/h3*1-26H. The highest BCUT2D eigenvalue weighted by molar-refractivity contribution is 6.26. The lowest BCUT2D eigenvalue weighted by Gasteiger charge is -2.19. The normalized spacial score (nSPS) is 11.5. The second-order valence-electron chi connectivity index (χ2n) is 31.6. The van der Waals surface area contributed by atoms with Gasteiger partial charge in [0.15, 0.2) is 0 Å². The summed E-state index contributed by atoms with van der Waals surface area (Å²) in [5.74, 6) is 0. The van der Waals surface area contributed by atoms with Crippen LogP contribution < -0.4 is 0 Å². The van der Waals surface area contributed by atoms with Crippen molar-refractivity contribution >= 4 is 129 Å². The highest BCUT2D eigenvalue weighted by Crippen LogP contribution is 2.50. The second-order valence-corrected chi connectivity index (χ2v) is 31.6. The molecule has 0 aliphatic carbocycles. The van der Waals surface area contributed by atoms with Crippen LogP contribution in [0.5, 0.6) is 0 Å². The molecule has 24 rings (SSSR count). The van der Waals surface area contributed by atoms with Gasteiger partial charge < -0.3 is 0 Å². The molecule has 0 unspecified atom stereocenters. The van der Waals surface area contributed by atoms with Crippen molar-refractivity contribution in [3.63, 3.8) is 0 Å². The Labute approximate surface area is 697 Å². The van der Waals surface area contributed by atoms with Crippen molar-refractivity contribution in [1.29, 1.82) is 0 Å². The zero-order chi connectivity index (χ0) is 79.4. The molecular weight excluding hydrogens is 1440 g/mol. The van der Waals surface area contributed by atoms with Crippen molar-refractivity contribution in [3.05, 3.63) is 473 Å². The molecule has 0 spiro atoms. The molecule has 0 N–H and O–H groups in total. The largest absolute Gasteiger partial charge is 0.0616 e. The Morgan fingerprint density at radius 1 is 0.0833 bits per heavy atom. The topological polar surface area (TPSA) is 0 Å². The number of fused-ring (bicyclic) bond motifs is 12. The molecule has 0 aliphatic heterocycles. The summed E-state index contributed by atoms with van der Waals surface area (Å²) in [6.45, 7) is 0. The fraction of sp³-hybridized carbons (Fsp3) is 0. The van der Waals surface area contributed by atoms with Gasteiger partial charge in [-0.2, -0.15) is 0 Å². The van der Waals surface area contributed by atoms with Crippen LogP contribution in [0.3, 0.4) is 0 Å². The quantitative estimate of drug-likeness (QED) is 0.126. The third kappa shape index (κ3) is 12.8. The number of benzene rings is 24. The first-order chi connectivity index (χ1) is 59.5. The van der Waals surface area contributed by atoms with Crippen LogP contribution in [0.4, 0.5) is 0 Å². The number of hydrogen-bond acceptors (Lipinski definition) is 0. The van der Waals surface area contributed by atoms with E-state index in [-0.39, 0.29) is 0 Å². The van der Waals surface area contributed by atoms with E-state index in [0.29, 0.717) is 0 Å². The molecule has 120 heavy (non-hydrogen) atoms. The molecule has 0 saturated carbocycles. The molecule has 0 nitrogen and oxygen atoms in total. The average Bonchev–Trinajstić information content (AvgIpc) is 0.735. The molecule has 0 heteroatoms. The molecule has 0 saturated heterocycles. The molecule has 0 aromatic heterocycles. The van der Waals surface area contributed by atoms with Gasteiger partial charge in [-0.15, -0.1) is 0 Å². The van der Waals surface area contributed by atoms with E-state index in [1.807, 2.05) is 0 Å². The smallest absolute Gasteiger partial charge is 0.00201 e. The second kappa shape index (κ2) is 30.5. The maximum atomic E-state index is 2.37. The van der Waals surface area contributed by atoms with Gasteiger partial charge in [-0.1, -0.05) is 431 Å². The minimum absolute atomic E-state index is 1.23. The number of hydrogen-bond donors (Lipinski definition) is 0. The minimum atomic E-state index is 1.23. The van der Waals surface area contributed by atoms with Gasteiger partial charge in [0.1, 0.15) is 0 Å². The fourth-order valence-electron chi connectivity index (χ4n) is 19.1. The van der Waals surface area contributed by atoms with E-state index in [0.717, 1.165) is 0 Å². The van der Waals surface area contributed by atoms with E-state index in [1.165, 1.54) is 229 Å². The Bertz CT molecular complexity index is 7980. The van der Waals surface area contributed by atoms with Crippen molar-refractivity contribution in [2.45, 2.75) is 0 Å². The molecule has 0 fully saturated rings. The van der Waals surface area contributed by atoms with Gasteiger partial charge in [0.2, 0.25) is 0 Å². The SMILES string of the molecule is c1cc(-c2ccc3ccccc3c2)cc(-c2c3ccccc3c(-c3ccc4ccccc4c3)c3ccccc23)c1.c1cc(-c2ccc3ccccc3c2)cc(-c2c3ccccc3c(-c3cccc4ccccc34)c3ccccc23)c1.c1cc(-c2cccc3ccccc23)cc(-c2c3ccccc3c(-c3ccc4ccccc4c3)c3ccccc23)c1. The van der Waals surface area contributed by atoms with E-state index < -0.39 is 0 Å². The summed E-state index contributed by atoms with van der Waals surface area (Å²) in [7, 11) is 0. The summed E-state index contributed by atoms with van der Waals surface area (Å²) in [5, 5.41) is 30.6. The first kappa shape index (κ1) is 71.0. The molecular formula is C120H78. The van der Waals surface area contributed by atoms with Gasteiger partial charge in [0, 0.05) is 0 Å². The van der Waals surface area contributed by atoms with Crippen molar-refractivity contribution in [3.8, 4) is 100 Å². The van der Waals surface area contributed by atoms with Crippen LogP contribution in [0, 0.1) is 0 Å². The van der Waals surface area contributed by atoms with Crippen LogP contribution in [0.15, 0.2) is 473 Å². The van der Waals surface area contributed by atoms with Gasteiger partial charge in [-0.25, -0.2) is 0 Å². The van der Waals surface area contributed by atoms with E-state index in [2.05, 4.69) is 473 Å². The predicted octanol–water partition coefficient (Wildman–Crippen LogP) is 33.9. The van der Waals surface area contributed by atoms with Gasteiger partial charge in [0.05, 0.1) is 0 Å². The molecule has 0 heterocycles. The van der Waals surface area contributed by atoms with Gasteiger partial charge in [0.25, 0.3) is 0 Å². The molecule has 0 aliphatic rings. The van der Waals surface area contributed by atoms with Crippen molar-refractivity contribution in [2.75, 3.05) is 0 Å². The molecule has 24 aromatic carbocycles. The minimum Gasteiger partial charge on any atom is -0.0616 e. The lowest BCUT2D eigenvalue weighted by molar-refractivity contribution is 1.63. The Kier molecular flexibility index (Phi) is 18.1. The van der Waals surface area contributed by atoms with Crippen molar-refractivity contribution in [2.24, 2.45) is 0 Å². The van der Waals surface area contributed by atoms with Crippen LogP contribution in [0.1, 0.15) is 0 Å². The first-order valence-electron chi connectivity index (χ1n) is 41.6. The molecule has 0 radical (unpaired) electrons. The van der Waals surface area contributed by atoms with E-state index in [4.69, 9.17) is 0 Å². The zero-order valence-corrected chi connectivity index (χ0v) is 66.0. The summed E-state index contributed by atoms with van der Waals surface area (Å²) in [6, 6.07) is 173. The Morgan fingerprint density at radius 2 is 0.267 bits per heavy atom. The van der Waals surface area contributed by atoms with E-state index in [9.17, 15) is 0 Å². The lowest BCUT2D eigenvalue weighted by Crippen LogP contribution is -1.92. The van der Waals surface area contributed by atoms with Crippen LogP contribution >= 0.6 is 0 Å². The highest BCUT2D eigenvalue weighted by atomic mass is 14.3. The number of rotatable bonds is 9. The third-order valence-corrected chi connectivity index (χ3v) is 24.6. The van der Waals surface area contributed by atoms with Crippen LogP contribution in [-0.2, 0) is 0 Å². The summed E-state index contributed by atoms with van der Waals surface area (Å²) >= 11 is 0. The van der Waals surface area contributed by atoms with Gasteiger partial charge in [-0.3, -0.25) is 0 Å². The Balaban J connectivity index is 0.000000108. The fourth-order valence-corrected chi connectivity index (χ4v) is 19.1. The van der Waals surface area contributed by atoms with Crippen molar-refractivity contribution in [1.82, 2.24) is 0 Å². The highest BCUT2D eigenvalue weighted by Gasteiger charge is 2.23. The lowest BCUT2D eigenvalue weighted by atomic mass is 9.84. The third-order valence-electron chi connectivity index (χ3n) is 24.6. The first-order valence-corrected chi connectivity index (χ1v) is 41.6. The molecule has 0 atom stereocenters. The zero-order valence-electron chi connectivity index (χ0n) is 66.0. The molecule has 0 bridgehead atoms. The summed E-state index contributed by atoms with van der Waals surface area (Å²) in [4.78, 5) is 0. The monoisotopic (exact) mass is 1520 g/mol. The van der Waals surface area contributed by atoms with E-state index >= 15 is 0 Å². The van der Waals surface area contributed by atoms with Gasteiger partial charge >= 0.3 is 0 Å². The Hall–Kier alpha value is -15.6. The summed E-state index contributed by atoms with van der Waals surface area (Å²) in [6.07, 6.45) is 0. The predicted molar refractivity (Wildman–Crippen MR) is 518 cm³/mol. The molecule has 558 valence electrons. The molecule has 0 amide bonds. The van der Waals surface area contributed by atoms with Crippen molar-refractivity contribution < 1.29 is 0 Å². The van der Waals surface area contributed by atoms with Gasteiger partial charge in [-0.05, 0) is 272 Å². The van der Waals surface area contributed by atoms with E-state index in [1.54, 1.807) is 0 Å². The maximum Gasteiger partial charge on any atom is -0.00201 e. The maximum absolute atomic E-state index is 2.37. The van der Waals surface area contributed by atoms with Crippen LogP contribution in [0.2, 0.25) is 0 Å². The Morgan fingerprint density at radius 3 is 0.583 bits per heavy atom. The average molecular weight is 1520 g/mol.